The van der Waals surface area contributed by atoms with Crippen molar-refractivity contribution in [1.29, 1.82) is 0 Å². The minimum atomic E-state index is -3.47. The molecule has 1 fully saturated rings. The van der Waals surface area contributed by atoms with Crippen molar-refractivity contribution < 1.29 is 13.2 Å². The van der Waals surface area contributed by atoms with Gasteiger partial charge in [-0.15, -0.1) is 0 Å². The molecule has 0 saturated carbocycles. The molecule has 0 spiro atoms. The van der Waals surface area contributed by atoms with Crippen LogP contribution in [0.15, 0.2) is 29.2 Å². The van der Waals surface area contributed by atoms with Crippen LogP contribution in [-0.4, -0.2) is 34.5 Å². The molecule has 1 aromatic carbocycles. The van der Waals surface area contributed by atoms with Crippen molar-refractivity contribution in [3.05, 3.63) is 29.8 Å². The van der Waals surface area contributed by atoms with Crippen LogP contribution in [0.25, 0.3) is 0 Å². The van der Waals surface area contributed by atoms with Gasteiger partial charge < -0.3 is 10.6 Å². The first-order valence-electron chi connectivity index (χ1n) is 6.98. The van der Waals surface area contributed by atoms with Crippen LogP contribution in [0, 0.1) is 5.92 Å². The quantitative estimate of drug-likeness (QED) is 0.734. The van der Waals surface area contributed by atoms with Gasteiger partial charge in [0.15, 0.2) is 0 Å². The zero-order chi connectivity index (χ0) is 15.5. The van der Waals surface area contributed by atoms with E-state index in [0.717, 1.165) is 18.5 Å². The fourth-order valence-corrected chi connectivity index (χ4v) is 3.15. The molecule has 1 aromatic rings. The Kier molecular flexibility index (Phi) is 4.97. The van der Waals surface area contributed by atoms with Crippen molar-refractivity contribution in [1.82, 2.24) is 15.4 Å². The molecule has 1 amide bonds. The summed E-state index contributed by atoms with van der Waals surface area (Å²) < 4.78 is 25.9. The average Bonchev–Trinajstić information content (AvgIpc) is 3.01. The van der Waals surface area contributed by atoms with Gasteiger partial charge >= 0.3 is 0 Å². The van der Waals surface area contributed by atoms with Crippen LogP contribution in [0.5, 0.6) is 0 Å². The number of benzene rings is 1. The maximum absolute atomic E-state index is 12.1. The first-order valence-corrected chi connectivity index (χ1v) is 8.47. The molecule has 0 aliphatic carbocycles. The first kappa shape index (κ1) is 15.9. The summed E-state index contributed by atoms with van der Waals surface area (Å²) in [6.07, 6.45) is 0.840. The summed E-state index contributed by atoms with van der Waals surface area (Å²) in [6.45, 7) is 3.42. The molecule has 2 atom stereocenters. The highest BCUT2D eigenvalue weighted by Crippen LogP contribution is 2.18. The van der Waals surface area contributed by atoms with Gasteiger partial charge in [-0.05, 0) is 44.6 Å². The second kappa shape index (κ2) is 6.55. The molecule has 1 heterocycles. The van der Waals surface area contributed by atoms with Gasteiger partial charge in [0.1, 0.15) is 0 Å². The van der Waals surface area contributed by atoms with Crippen LogP contribution in [0.4, 0.5) is 0 Å². The smallest absolute Gasteiger partial charge is 0.240 e. The van der Waals surface area contributed by atoms with Gasteiger partial charge in [0, 0.05) is 6.54 Å². The Morgan fingerprint density at radius 1 is 1.43 bits per heavy atom. The molecule has 2 rings (SSSR count). The Morgan fingerprint density at radius 2 is 2.19 bits per heavy atom. The zero-order valence-corrected chi connectivity index (χ0v) is 13.0. The summed E-state index contributed by atoms with van der Waals surface area (Å²) in [5, 5.41) is 6.10. The molecule has 0 bridgehead atoms. The molecule has 3 N–H and O–H groups in total. The van der Waals surface area contributed by atoms with Crippen molar-refractivity contribution in [3.8, 4) is 0 Å². The van der Waals surface area contributed by atoms with Gasteiger partial charge in [0.25, 0.3) is 0 Å². The number of carbonyl (C=O) groups is 1. The Hall–Kier alpha value is -1.44. The van der Waals surface area contributed by atoms with Crippen LogP contribution in [0.1, 0.15) is 24.9 Å². The fraction of sp³-hybridized carbons (Fsp3) is 0.500. The largest absolute Gasteiger partial charge is 0.349 e. The highest BCUT2D eigenvalue weighted by Gasteiger charge is 2.24. The number of amides is 1. The minimum absolute atomic E-state index is 0.00308. The van der Waals surface area contributed by atoms with Crippen molar-refractivity contribution in [2.75, 3.05) is 20.1 Å². The average molecular weight is 311 g/mol. The van der Waals surface area contributed by atoms with E-state index in [4.69, 9.17) is 0 Å². The number of hydrogen-bond acceptors (Lipinski definition) is 4. The molecular formula is C14H21N3O3S. The molecule has 116 valence electrons. The van der Waals surface area contributed by atoms with Crippen molar-refractivity contribution in [3.63, 3.8) is 0 Å². The molecule has 1 aliphatic rings. The molecule has 21 heavy (non-hydrogen) atoms. The van der Waals surface area contributed by atoms with E-state index < -0.39 is 10.0 Å². The highest BCUT2D eigenvalue weighted by molar-refractivity contribution is 7.89. The predicted octanol–water partition coefficient (Wildman–Crippen LogP) is 0.381. The SMILES string of the molecule is CNS(=O)(=O)c1cccc(C(C)NC(=O)C2CCNC2)c1. The summed E-state index contributed by atoms with van der Waals surface area (Å²) in [5.74, 6) is 0.00560. The normalized spacial score (nSPS) is 20.2. The summed E-state index contributed by atoms with van der Waals surface area (Å²) in [6, 6.07) is 6.38. The second-order valence-corrected chi connectivity index (χ2v) is 7.09. The van der Waals surface area contributed by atoms with E-state index in [1.807, 2.05) is 13.0 Å². The van der Waals surface area contributed by atoms with E-state index in [1.54, 1.807) is 12.1 Å². The summed E-state index contributed by atoms with van der Waals surface area (Å²) in [4.78, 5) is 12.3. The molecular weight excluding hydrogens is 290 g/mol. The van der Waals surface area contributed by atoms with Gasteiger partial charge in [0.2, 0.25) is 15.9 Å². The first-order chi connectivity index (χ1) is 9.94. The number of hydrogen-bond donors (Lipinski definition) is 3. The Balaban J connectivity index is 2.10. The third-order valence-electron chi connectivity index (χ3n) is 3.73. The van der Waals surface area contributed by atoms with Crippen molar-refractivity contribution >= 4 is 15.9 Å². The molecule has 7 heteroatoms. The maximum Gasteiger partial charge on any atom is 0.240 e. The molecule has 6 nitrogen and oxygen atoms in total. The molecule has 0 radical (unpaired) electrons. The molecule has 2 unspecified atom stereocenters. The highest BCUT2D eigenvalue weighted by atomic mass is 32.2. The van der Waals surface area contributed by atoms with Crippen molar-refractivity contribution in [2.45, 2.75) is 24.3 Å². The Labute approximate surface area is 125 Å². The third-order valence-corrected chi connectivity index (χ3v) is 5.14. The fourth-order valence-electron chi connectivity index (χ4n) is 2.36. The number of rotatable bonds is 5. The number of sulfonamides is 1. The minimum Gasteiger partial charge on any atom is -0.349 e. The molecule has 1 saturated heterocycles. The topological polar surface area (TPSA) is 87.3 Å². The van der Waals surface area contributed by atoms with Crippen LogP contribution < -0.4 is 15.4 Å². The van der Waals surface area contributed by atoms with Gasteiger partial charge in [-0.2, -0.15) is 0 Å². The third kappa shape index (κ3) is 3.81. The van der Waals surface area contributed by atoms with E-state index in [2.05, 4.69) is 15.4 Å². The lowest BCUT2D eigenvalue weighted by Gasteiger charge is -2.17. The lowest BCUT2D eigenvalue weighted by molar-refractivity contribution is -0.125. The summed E-state index contributed by atoms with van der Waals surface area (Å²) in [7, 11) is -2.10. The lowest BCUT2D eigenvalue weighted by atomic mass is 10.1. The van der Waals surface area contributed by atoms with E-state index in [9.17, 15) is 13.2 Å². The van der Waals surface area contributed by atoms with Gasteiger partial charge in [-0.25, -0.2) is 13.1 Å². The van der Waals surface area contributed by atoms with Gasteiger partial charge in [-0.3, -0.25) is 4.79 Å². The van der Waals surface area contributed by atoms with E-state index in [-0.39, 0.29) is 22.8 Å². The molecule has 0 aromatic heterocycles. The number of nitrogens with one attached hydrogen (secondary N) is 3. The Bertz CT molecular complexity index is 610. The number of carbonyl (C=O) groups excluding carboxylic acids is 1. The summed E-state index contributed by atoms with van der Waals surface area (Å²) >= 11 is 0. The van der Waals surface area contributed by atoms with Crippen LogP contribution in [0.2, 0.25) is 0 Å². The zero-order valence-electron chi connectivity index (χ0n) is 12.2. The van der Waals surface area contributed by atoms with Crippen LogP contribution in [-0.2, 0) is 14.8 Å². The van der Waals surface area contributed by atoms with Crippen LogP contribution >= 0.6 is 0 Å². The summed E-state index contributed by atoms with van der Waals surface area (Å²) in [5.41, 5.74) is 0.769. The van der Waals surface area contributed by atoms with E-state index >= 15 is 0 Å². The molecule has 1 aliphatic heterocycles. The monoisotopic (exact) mass is 311 g/mol. The lowest BCUT2D eigenvalue weighted by Crippen LogP contribution is -2.33. The van der Waals surface area contributed by atoms with Gasteiger partial charge in [0.05, 0.1) is 16.9 Å². The maximum atomic E-state index is 12.1. The Morgan fingerprint density at radius 3 is 2.81 bits per heavy atom. The van der Waals surface area contributed by atoms with E-state index in [0.29, 0.717) is 6.54 Å². The standard InChI is InChI=1S/C14H21N3O3S/c1-10(17-14(18)12-6-7-16-9-12)11-4-3-5-13(8-11)21(19,20)15-2/h3-5,8,10,12,15-16H,6-7,9H2,1-2H3,(H,17,18). The predicted molar refractivity (Wildman–Crippen MR) is 80.2 cm³/mol. The van der Waals surface area contributed by atoms with Gasteiger partial charge in [-0.1, -0.05) is 12.1 Å². The van der Waals surface area contributed by atoms with Crippen LogP contribution in [0.3, 0.4) is 0 Å². The second-order valence-electron chi connectivity index (χ2n) is 5.20. The van der Waals surface area contributed by atoms with Crippen molar-refractivity contribution in [2.24, 2.45) is 5.92 Å². The van der Waals surface area contributed by atoms with E-state index in [1.165, 1.54) is 13.1 Å².